The summed E-state index contributed by atoms with van der Waals surface area (Å²) in [6.45, 7) is 0.670. The van der Waals surface area contributed by atoms with Crippen molar-refractivity contribution < 1.29 is 17.9 Å². The second-order valence-electron chi connectivity index (χ2n) is 6.68. The smallest absolute Gasteiger partial charge is 0.280 e. The van der Waals surface area contributed by atoms with Crippen LogP contribution in [0.2, 0.25) is 0 Å². The van der Waals surface area contributed by atoms with Gasteiger partial charge in [0.1, 0.15) is 17.1 Å². The third-order valence-corrected chi connectivity index (χ3v) is 6.01. The van der Waals surface area contributed by atoms with Gasteiger partial charge in [-0.1, -0.05) is 30.0 Å². The van der Waals surface area contributed by atoms with Crippen molar-refractivity contribution in [2.24, 2.45) is 16.6 Å². The number of halogens is 3. The van der Waals surface area contributed by atoms with Crippen molar-refractivity contribution in [2.45, 2.75) is 12.0 Å². The third-order valence-electron chi connectivity index (χ3n) is 5.06. The van der Waals surface area contributed by atoms with Gasteiger partial charge in [-0.05, 0) is 6.07 Å². The van der Waals surface area contributed by atoms with Crippen LogP contribution in [-0.2, 0) is 5.54 Å². The van der Waals surface area contributed by atoms with Crippen molar-refractivity contribution in [1.29, 1.82) is 0 Å². The molecule has 4 rings (SSSR count). The first-order valence-corrected chi connectivity index (χ1v) is 9.60. The van der Waals surface area contributed by atoms with E-state index in [-0.39, 0.29) is 30.1 Å². The van der Waals surface area contributed by atoms with Gasteiger partial charge in [0.25, 0.3) is 6.43 Å². The predicted octanol–water partition coefficient (Wildman–Crippen LogP) is 2.96. The lowest BCUT2D eigenvalue weighted by molar-refractivity contribution is 0.145. The van der Waals surface area contributed by atoms with Crippen LogP contribution in [-0.4, -0.2) is 41.1 Å². The number of alkyl halides is 2. The fraction of sp³-hybridized carbons (Fsp3) is 0.389. The van der Waals surface area contributed by atoms with Gasteiger partial charge in [0, 0.05) is 29.8 Å². The number of aliphatic imine (C=N–C) groups is 1. The maximum absolute atomic E-state index is 14.7. The van der Waals surface area contributed by atoms with Crippen molar-refractivity contribution in [2.75, 3.05) is 30.9 Å². The van der Waals surface area contributed by atoms with Crippen LogP contribution in [0.5, 0.6) is 5.88 Å². The van der Waals surface area contributed by atoms with Gasteiger partial charge >= 0.3 is 0 Å². The summed E-state index contributed by atoms with van der Waals surface area (Å²) < 4.78 is 46.2. The van der Waals surface area contributed by atoms with E-state index in [1.165, 1.54) is 24.9 Å². The Morgan fingerprint density at radius 2 is 2.11 bits per heavy atom. The number of amidine groups is 1. The Morgan fingerprint density at radius 1 is 1.32 bits per heavy atom. The zero-order valence-electron chi connectivity index (χ0n) is 15.0. The lowest BCUT2D eigenvalue weighted by atomic mass is 9.81. The molecule has 2 N–H and O–H groups in total. The summed E-state index contributed by atoms with van der Waals surface area (Å²) in [5.74, 6) is 0.335. The Morgan fingerprint density at radius 3 is 2.82 bits per heavy atom. The number of nitrogens with two attached hydrogens (primary N) is 1. The summed E-state index contributed by atoms with van der Waals surface area (Å²) in [6, 6.07) is 7.54. The van der Waals surface area contributed by atoms with E-state index in [2.05, 4.69) is 15.0 Å². The molecular formula is C18H18F3N5OS. The Labute approximate surface area is 164 Å². The Kier molecular flexibility index (Phi) is 4.82. The summed E-state index contributed by atoms with van der Waals surface area (Å²) in [7, 11) is 1.35. The lowest BCUT2D eigenvalue weighted by Crippen LogP contribution is -2.40. The number of nitrogens with zero attached hydrogens (tertiary/aromatic N) is 4. The van der Waals surface area contributed by atoms with E-state index in [9.17, 15) is 13.2 Å². The monoisotopic (exact) mass is 409 g/mol. The number of methoxy groups -OCH3 is 1. The van der Waals surface area contributed by atoms with Gasteiger partial charge in [-0.25, -0.2) is 23.1 Å². The van der Waals surface area contributed by atoms with Gasteiger partial charge in [-0.15, -0.1) is 0 Å². The van der Waals surface area contributed by atoms with Crippen LogP contribution in [0.25, 0.3) is 0 Å². The minimum Gasteiger partial charge on any atom is -0.481 e. The lowest BCUT2D eigenvalue weighted by Gasteiger charge is -2.34. The molecule has 1 aromatic carbocycles. The van der Waals surface area contributed by atoms with Gasteiger partial charge in [0.2, 0.25) is 11.8 Å². The molecule has 3 heterocycles. The molecule has 148 valence electrons. The van der Waals surface area contributed by atoms with E-state index >= 15 is 0 Å². The SMILES string of the molecule is COc1cc(C(F)F)nc(N2C[C@H]3CSC(N)=N[C@@]3(c3ccccc3F)C2)n1. The molecular weight excluding hydrogens is 391 g/mol. The zero-order valence-corrected chi connectivity index (χ0v) is 15.8. The maximum atomic E-state index is 14.7. The number of hydrogen-bond acceptors (Lipinski definition) is 7. The standard InChI is InChI=1S/C18H18F3N5OS/c1-27-14-6-13(15(20)21)23-17(24-14)26-7-10-8-28-16(22)25-18(10,9-26)11-4-2-3-5-12(11)19/h2-6,10,15H,7-9H2,1H3,(H2,22,25)/t10-,18-/m0/s1. The van der Waals surface area contributed by atoms with Gasteiger partial charge in [0.15, 0.2) is 5.17 Å². The average Bonchev–Trinajstić information content (AvgIpc) is 3.07. The molecule has 0 spiro atoms. The highest BCUT2D eigenvalue weighted by Crippen LogP contribution is 2.47. The summed E-state index contributed by atoms with van der Waals surface area (Å²) in [4.78, 5) is 14.6. The molecule has 0 saturated carbocycles. The molecule has 2 aliphatic heterocycles. The second-order valence-corrected chi connectivity index (χ2v) is 7.72. The number of aromatic nitrogens is 2. The minimum atomic E-state index is -2.76. The van der Waals surface area contributed by atoms with Gasteiger partial charge in [-0.3, -0.25) is 0 Å². The van der Waals surface area contributed by atoms with E-state index in [0.717, 1.165) is 6.07 Å². The molecule has 6 nitrogen and oxygen atoms in total. The second kappa shape index (κ2) is 7.16. The molecule has 1 fully saturated rings. The average molecular weight is 409 g/mol. The molecule has 0 bridgehead atoms. The van der Waals surface area contributed by atoms with Crippen molar-refractivity contribution in [3.8, 4) is 5.88 Å². The molecule has 10 heteroatoms. The van der Waals surface area contributed by atoms with Crippen LogP contribution in [0.15, 0.2) is 35.3 Å². The number of ether oxygens (including phenoxy) is 1. The molecule has 2 aliphatic rings. The van der Waals surface area contributed by atoms with Crippen LogP contribution >= 0.6 is 11.8 Å². The third kappa shape index (κ3) is 3.15. The van der Waals surface area contributed by atoms with Crippen LogP contribution in [0.1, 0.15) is 17.7 Å². The van der Waals surface area contributed by atoms with E-state index < -0.39 is 17.7 Å². The largest absolute Gasteiger partial charge is 0.481 e. The van der Waals surface area contributed by atoms with Crippen LogP contribution in [0, 0.1) is 11.7 Å². The zero-order chi connectivity index (χ0) is 19.9. The first kappa shape index (κ1) is 18.9. The number of anilines is 1. The van der Waals surface area contributed by atoms with Gasteiger partial charge in [0.05, 0.1) is 13.7 Å². The molecule has 2 aromatic rings. The van der Waals surface area contributed by atoms with E-state index in [4.69, 9.17) is 10.5 Å². The predicted molar refractivity (Wildman–Crippen MR) is 101 cm³/mol. The number of hydrogen-bond donors (Lipinski definition) is 1. The number of rotatable bonds is 4. The number of fused-ring (bicyclic) bond motifs is 1. The normalized spacial score (nSPS) is 24.2. The molecule has 2 atom stereocenters. The highest BCUT2D eigenvalue weighted by atomic mass is 32.2. The fourth-order valence-corrected chi connectivity index (χ4v) is 4.73. The Balaban J connectivity index is 1.78. The molecule has 0 aliphatic carbocycles. The van der Waals surface area contributed by atoms with Gasteiger partial charge in [-0.2, -0.15) is 4.98 Å². The first-order valence-electron chi connectivity index (χ1n) is 8.62. The van der Waals surface area contributed by atoms with E-state index in [0.29, 0.717) is 23.0 Å². The molecule has 1 saturated heterocycles. The van der Waals surface area contributed by atoms with Gasteiger partial charge < -0.3 is 15.4 Å². The Hall–Kier alpha value is -2.49. The van der Waals surface area contributed by atoms with E-state index in [1.54, 1.807) is 23.1 Å². The van der Waals surface area contributed by atoms with Crippen molar-refractivity contribution >= 4 is 22.9 Å². The molecule has 0 amide bonds. The quantitative estimate of drug-likeness (QED) is 0.837. The Bertz CT molecular complexity index is 928. The molecule has 1 aromatic heterocycles. The van der Waals surface area contributed by atoms with Crippen molar-refractivity contribution in [1.82, 2.24) is 9.97 Å². The van der Waals surface area contributed by atoms with Crippen molar-refractivity contribution in [3.05, 3.63) is 47.4 Å². The highest BCUT2D eigenvalue weighted by molar-refractivity contribution is 8.13. The van der Waals surface area contributed by atoms with Crippen LogP contribution < -0.4 is 15.4 Å². The maximum Gasteiger partial charge on any atom is 0.280 e. The van der Waals surface area contributed by atoms with Crippen LogP contribution in [0.3, 0.4) is 0 Å². The fourth-order valence-electron chi connectivity index (χ4n) is 3.75. The molecule has 28 heavy (non-hydrogen) atoms. The van der Waals surface area contributed by atoms with E-state index in [1.807, 2.05) is 0 Å². The molecule has 0 unspecified atom stereocenters. The summed E-state index contributed by atoms with van der Waals surface area (Å²) in [5.41, 5.74) is 5.07. The van der Waals surface area contributed by atoms with Crippen LogP contribution in [0.4, 0.5) is 19.1 Å². The summed E-state index contributed by atoms with van der Waals surface area (Å²) in [5, 5.41) is 0.376. The first-order chi connectivity index (χ1) is 13.4. The summed E-state index contributed by atoms with van der Waals surface area (Å²) in [6.07, 6.45) is -2.76. The van der Waals surface area contributed by atoms with Crippen molar-refractivity contribution in [3.63, 3.8) is 0 Å². The number of benzene rings is 1. The molecule has 0 radical (unpaired) electrons. The summed E-state index contributed by atoms with van der Waals surface area (Å²) >= 11 is 1.40. The topological polar surface area (TPSA) is 76.6 Å². The highest BCUT2D eigenvalue weighted by Gasteiger charge is 2.52. The number of thioether (sulfide) groups is 1. The minimum absolute atomic E-state index is 0.0486.